The highest BCUT2D eigenvalue weighted by atomic mass is 19.4. The molecule has 1 fully saturated rings. The number of alkyl halides is 3. The molecule has 25 heavy (non-hydrogen) atoms. The van der Waals surface area contributed by atoms with Crippen LogP contribution in [0.5, 0.6) is 0 Å². The SMILES string of the molecule is Fc1cc2nc(CN3CCCCC3C3(C(F)(F)F)N=N3)[nH]c2cc1F. The van der Waals surface area contributed by atoms with E-state index in [4.69, 9.17) is 0 Å². The molecule has 2 aliphatic rings. The molecular weight excluding hydrogens is 345 g/mol. The Balaban J connectivity index is 1.60. The summed E-state index contributed by atoms with van der Waals surface area (Å²) in [7, 11) is 0. The van der Waals surface area contributed by atoms with Crippen LogP contribution in [0, 0.1) is 11.6 Å². The highest BCUT2D eigenvalue weighted by Crippen LogP contribution is 2.50. The van der Waals surface area contributed by atoms with Crippen LogP contribution in [0.2, 0.25) is 0 Å². The average Bonchev–Trinajstić information content (AvgIpc) is 3.27. The predicted octanol–water partition coefficient (Wildman–Crippen LogP) is 3.92. The van der Waals surface area contributed by atoms with Crippen LogP contribution in [-0.4, -0.2) is 39.3 Å². The number of benzene rings is 1. The standard InChI is InChI=1S/C15H14F5N5/c16-8-5-10-11(6-9(8)17)22-13(21-10)7-25-4-2-1-3-12(25)14(23-24-14)15(18,19)20/h5-6,12H,1-4,7H2,(H,21,22). The van der Waals surface area contributed by atoms with Crippen molar-refractivity contribution in [3.8, 4) is 0 Å². The normalized spacial score (nSPS) is 23.3. The summed E-state index contributed by atoms with van der Waals surface area (Å²) >= 11 is 0. The van der Waals surface area contributed by atoms with Gasteiger partial charge in [-0.3, -0.25) is 4.90 Å². The van der Waals surface area contributed by atoms with Crippen molar-refractivity contribution >= 4 is 11.0 Å². The molecule has 1 atom stereocenters. The fourth-order valence-electron chi connectivity index (χ4n) is 3.45. The molecule has 134 valence electrons. The first-order chi connectivity index (χ1) is 11.8. The Bertz CT molecular complexity index is 798. The van der Waals surface area contributed by atoms with Crippen molar-refractivity contribution in [2.45, 2.75) is 43.7 Å². The smallest absolute Gasteiger partial charge is 0.341 e. The van der Waals surface area contributed by atoms with E-state index >= 15 is 0 Å². The van der Waals surface area contributed by atoms with E-state index < -0.39 is 29.5 Å². The summed E-state index contributed by atoms with van der Waals surface area (Å²) in [5.41, 5.74) is -1.82. The fraction of sp³-hybridized carbons (Fsp3) is 0.533. The van der Waals surface area contributed by atoms with Crippen LogP contribution >= 0.6 is 0 Å². The van der Waals surface area contributed by atoms with E-state index in [9.17, 15) is 22.0 Å². The topological polar surface area (TPSA) is 56.6 Å². The van der Waals surface area contributed by atoms with Crippen LogP contribution in [-0.2, 0) is 6.54 Å². The minimum Gasteiger partial charge on any atom is -0.341 e. The molecule has 2 aliphatic heterocycles. The summed E-state index contributed by atoms with van der Waals surface area (Å²) in [5.74, 6) is -1.68. The quantitative estimate of drug-likeness (QED) is 0.845. The lowest BCUT2D eigenvalue weighted by Gasteiger charge is -2.38. The number of aromatic nitrogens is 2. The molecule has 10 heteroatoms. The van der Waals surface area contributed by atoms with Gasteiger partial charge < -0.3 is 4.98 Å². The maximum absolute atomic E-state index is 13.3. The lowest BCUT2D eigenvalue weighted by molar-refractivity contribution is -0.183. The van der Waals surface area contributed by atoms with E-state index in [1.54, 1.807) is 4.90 Å². The molecule has 1 unspecified atom stereocenters. The van der Waals surface area contributed by atoms with Gasteiger partial charge in [0.25, 0.3) is 5.66 Å². The van der Waals surface area contributed by atoms with E-state index in [1.165, 1.54) is 0 Å². The Labute approximate surface area is 138 Å². The molecule has 4 rings (SSSR count). The van der Waals surface area contributed by atoms with E-state index in [1.807, 2.05) is 0 Å². The Morgan fingerprint density at radius 1 is 1.16 bits per heavy atom. The van der Waals surface area contributed by atoms with Gasteiger partial charge in [0, 0.05) is 12.1 Å². The van der Waals surface area contributed by atoms with Crippen molar-refractivity contribution in [3.05, 3.63) is 29.6 Å². The molecule has 0 radical (unpaired) electrons. The van der Waals surface area contributed by atoms with Gasteiger partial charge in [-0.2, -0.15) is 13.2 Å². The number of rotatable bonds is 3. The van der Waals surface area contributed by atoms with Gasteiger partial charge in [0.2, 0.25) is 0 Å². The highest BCUT2D eigenvalue weighted by Gasteiger charge is 2.69. The van der Waals surface area contributed by atoms with Gasteiger partial charge in [-0.25, -0.2) is 13.8 Å². The molecule has 2 aromatic rings. The summed E-state index contributed by atoms with van der Waals surface area (Å²) in [4.78, 5) is 8.64. The van der Waals surface area contributed by atoms with Crippen LogP contribution in [0.3, 0.4) is 0 Å². The molecular formula is C15H14F5N5. The molecule has 1 N–H and O–H groups in total. The van der Waals surface area contributed by atoms with Crippen LogP contribution in [0.4, 0.5) is 22.0 Å². The van der Waals surface area contributed by atoms with Gasteiger partial charge in [0.15, 0.2) is 11.6 Å². The van der Waals surface area contributed by atoms with E-state index in [-0.39, 0.29) is 12.1 Å². The number of hydrogen-bond donors (Lipinski definition) is 1. The maximum Gasteiger partial charge on any atom is 0.439 e. The predicted molar refractivity (Wildman–Crippen MR) is 77.7 cm³/mol. The zero-order valence-corrected chi connectivity index (χ0v) is 12.9. The molecule has 0 aliphatic carbocycles. The van der Waals surface area contributed by atoms with Gasteiger partial charge in [-0.1, -0.05) is 6.42 Å². The fourth-order valence-corrected chi connectivity index (χ4v) is 3.45. The molecule has 1 aromatic carbocycles. The number of nitrogens with one attached hydrogen (secondary N) is 1. The molecule has 1 saturated heterocycles. The van der Waals surface area contributed by atoms with Crippen LogP contribution in [0.1, 0.15) is 25.1 Å². The first-order valence-electron chi connectivity index (χ1n) is 7.89. The first-order valence-corrected chi connectivity index (χ1v) is 7.89. The summed E-state index contributed by atoms with van der Waals surface area (Å²) in [6.07, 6.45) is -2.78. The van der Waals surface area contributed by atoms with Crippen molar-refractivity contribution in [2.24, 2.45) is 10.2 Å². The second kappa shape index (κ2) is 5.45. The first kappa shape index (κ1) is 16.4. The number of H-pyrrole nitrogens is 1. The number of imidazole rings is 1. The zero-order valence-electron chi connectivity index (χ0n) is 12.9. The minimum atomic E-state index is -4.53. The lowest BCUT2D eigenvalue weighted by atomic mass is 9.92. The van der Waals surface area contributed by atoms with E-state index in [0.29, 0.717) is 30.7 Å². The third-order valence-corrected chi connectivity index (χ3v) is 4.74. The Kier molecular flexibility index (Phi) is 3.57. The highest BCUT2D eigenvalue weighted by molar-refractivity contribution is 5.75. The van der Waals surface area contributed by atoms with Gasteiger partial charge in [-0.05, 0) is 19.4 Å². The number of piperidine rings is 1. The second-order valence-corrected chi connectivity index (χ2v) is 6.37. The van der Waals surface area contributed by atoms with Crippen molar-refractivity contribution in [2.75, 3.05) is 6.54 Å². The average molecular weight is 359 g/mol. The van der Waals surface area contributed by atoms with Gasteiger partial charge in [0.1, 0.15) is 5.82 Å². The number of hydrogen-bond acceptors (Lipinski definition) is 4. The van der Waals surface area contributed by atoms with E-state index in [0.717, 1.165) is 18.6 Å². The summed E-state index contributed by atoms with van der Waals surface area (Å²) in [5, 5.41) is 6.63. The minimum absolute atomic E-state index is 0.103. The largest absolute Gasteiger partial charge is 0.439 e. The Morgan fingerprint density at radius 2 is 1.88 bits per heavy atom. The van der Waals surface area contributed by atoms with Crippen LogP contribution in [0.25, 0.3) is 11.0 Å². The third-order valence-electron chi connectivity index (χ3n) is 4.74. The molecule has 1 aromatic heterocycles. The van der Waals surface area contributed by atoms with Crippen LogP contribution in [0.15, 0.2) is 22.4 Å². The number of likely N-dealkylation sites (tertiary alicyclic amines) is 1. The molecule has 0 saturated carbocycles. The number of halogens is 5. The maximum atomic E-state index is 13.3. The summed E-state index contributed by atoms with van der Waals surface area (Å²) in [6, 6.07) is 1.06. The van der Waals surface area contributed by atoms with Gasteiger partial charge >= 0.3 is 6.18 Å². The molecule has 3 heterocycles. The van der Waals surface area contributed by atoms with Gasteiger partial charge in [0.05, 0.1) is 23.6 Å². The van der Waals surface area contributed by atoms with E-state index in [2.05, 4.69) is 20.2 Å². The number of aromatic amines is 1. The van der Waals surface area contributed by atoms with Crippen LogP contribution < -0.4 is 0 Å². The number of fused-ring (bicyclic) bond motifs is 1. The monoisotopic (exact) mass is 359 g/mol. The third kappa shape index (κ3) is 2.68. The molecule has 0 spiro atoms. The summed E-state index contributed by atoms with van der Waals surface area (Å²) < 4.78 is 66.6. The van der Waals surface area contributed by atoms with Crippen molar-refractivity contribution < 1.29 is 22.0 Å². The van der Waals surface area contributed by atoms with Crippen molar-refractivity contribution in [1.82, 2.24) is 14.9 Å². The number of nitrogens with zero attached hydrogens (tertiary/aromatic N) is 4. The summed E-state index contributed by atoms with van der Waals surface area (Å²) in [6.45, 7) is 0.554. The zero-order chi connectivity index (χ0) is 17.8. The lowest BCUT2D eigenvalue weighted by Crippen LogP contribution is -2.54. The molecule has 0 amide bonds. The van der Waals surface area contributed by atoms with Crippen molar-refractivity contribution in [1.29, 1.82) is 0 Å². The van der Waals surface area contributed by atoms with Gasteiger partial charge in [-0.15, -0.1) is 10.2 Å². The Hall–Kier alpha value is -2.10. The van der Waals surface area contributed by atoms with Crippen molar-refractivity contribution in [3.63, 3.8) is 0 Å². The second-order valence-electron chi connectivity index (χ2n) is 6.37. The molecule has 5 nitrogen and oxygen atoms in total. The molecule has 0 bridgehead atoms. The Morgan fingerprint density at radius 3 is 2.56 bits per heavy atom.